The molecule has 0 saturated carbocycles. The lowest BCUT2D eigenvalue weighted by molar-refractivity contribution is -0.142. The van der Waals surface area contributed by atoms with E-state index in [0.717, 1.165) is 42.8 Å². The van der Waals surface area contributed by atoms with Gasteiger partial charge in [0.25, 0.3) is 10.0 Å². The highest BCUT2D eigenvalue weighted by molar-refractivity contribution is 6.34. The molecule has 0 amide bonds. The summed E-state index contributed by atoms with van der Waals surface area (Å²) in [6.07, 6.45) is 0.796. The van der Waals surface area contributed by atoms with Crippen LogP contribution < -0.4 is 9.92 Å². The first-order chi connectivity index (χ1) is 13.4. The Morgan fingerprint density at radius 1 is 1.11 bits per heavy atom. The van der Waals surface area contributed by atoms with Crippen LogP contribution in [0.15, 0.2) is 24.0 Å². The predicted molar refractivity (Wildman–Crippen MR) is 125 cm³/mol. The summed E-state index contributed by atoms with van der Waals surface area (Å²) in [7, 11) is 6.60. The smallest absolute Gasteiger partial charge is 0.377 e. The Bertz CT molecular complexity index is 622. The highest BCUT2D eigenvalue weighted by atomic mass is 28.3. The van der Waals surface area contributed by atoms with Crippen molar-refractivity contribution in [2.45, 2.75) is 20.3 Å². The van der Waals surface area contributed by atoms with E-state index in [9.17, 15) is 4.79 Å². The molecule has 0 fully saturated rings. The molecule has 7 nitrogen and oxygen atoms in total. The summed E-state index contributed by atoms with van der Waals surface area (Å²) in [6, 6.07) is 5.71. The fourth-order valence-corrected chi connectivity index (χ4v) is 6.00. The fraction of sp³-hybridized carbons (Fsp3) is 0.471. The topological polar surface area (TPSA) is 72.5 Å². The van der Waals surface area contributed by atoms with E-state index in [-0.39, 0.29) is 5.76 Å². The minimum atomic E-state index is -0.536. The molecule has 0 atom stereocenters. The number of hydrogen-bond donors (Lipinski definition) is 0. The molecular formula is C17H34O7Si4. The SMILES string of the molecule is COC(C(=O)OCCC(C)C)=C(OC)c1cccc([SiH3])c1OC.[SiH3]O[SiH2]O[SiH3]. The van der Waals surface area contributed by atoms with Gasteiger partial charge in [0, 0.05) is 10.2 Å². The number of carbonyl (C=O) groups is 1. The number of methoxy groups -OCH3 is 3. The van der Waals surface area contributed by atoms with Crippen molar-refractivity contribution in [1.82, 2.24) is 0 Å². The number of ether oxygens (including phenoxy) is 4. The van der Waals surface area contributed by atoms with Crippen molar-refractivity contribution in [3.63, 3.8) is 0 Å². The summed E-state index contributed by atoms with van der Waals surface area (Å²) in [6.45, 7) is 4.49. The first-order valence-corrected chi connectivity index (χ1v) is 12.8. The molecule has 1 rings (SSSR count). The van der Waals surface area contributed by atoms with Gasteiger partial charge in [-0.25, -0.2) is 4.79 Å². The van der Waals surface area contributed by atoms with Crippen LogP contribution in [0.5, 0.6) is 5.75 Å². The molecule has 1 aromatic rings. The first kappa shape index (κ1) is 26.6. The van der Waals surface area contributed by atoms with Crippen molar-refractivity contribution in [3.8, 4) is 5.75 Å². The highest BCUT2D eigenvalue weighted by Crippen LogP contribution is 2.28. The van der Waals surface area contributed by atoms with Gasteiger partial charge in [0.15, 0.2) is 5.76 Å². The third-order valence-corrected chi connectivity index (χ3v) is 6.30. The zero-order valence-corrected chi connectivity index (χ0v) is 25.7. The molecule has 0 aliphatic rings. The molecule has 0 unspecified atom stereocenters. The third kappa shape index (κ3) is 9.21. The van der Waals surface area contributed by atoms with Crippen LogP contribution in [0.1, 0.15) is 25.8 Å². The van der Waals surface area contributed by atoms with Crippen molar-refractivity contribution in [2.24, 2.45) is 5.92 Å². The van der Waals surface area contributed by atoms with Crippen LogP contribution in [0, 0.1) is 5.92 Å². The Morgan fingerprint density at radius 2 is 1.75 bits per heavy atom. The average molecular weight is 463 g/mol. The van der Waals surface area contributed by atoms with Gasteiger partial charge in [0.1, 0.15) is 26.7 Å². The molecule has 160 valence electrons. The molecule has 1 aromatic carbocycles. The van der Waals surface area contributed by atoms with E-state index in [1.165, 1.54) is 14.2 Å². The van der Waals surface area contributed by atoms with Gasteiger partial charge in [-0.15, -0.1) is 0 Å². The van der Waals surface area contributed by atoms with Crippen LogP contribution in [0.3, 0.4) is 0 Å². The van der Waals surface area contributed by atoms with Crippen LogP contribution in [0.25, 0.3) is 5.76 Å². The molecule has 28 heavy (non-hydrogen) atoms. The molecule has 0 aliphatic carbocycles. The van der Waals surface area contributed by atoms with Gasteiger partial charge >= 0.3 is 5.97 Å². The maximum Gasteiger partial charge on any atom is 0.377 e. The summed E-state index contributed by atoms with van der Waals surface area (Å²) in [4.78, 5) is 12.3. The molecule has 0 aromatic heterocycles. The van der Waals surface area contributed by atoms with E-state index in [0.29, 0.717) is 29.6 Å². The van der Waals surface area contributed by atoms with Crippen LogP contribution in [0.2, 0.25) is 0 Å². The maximum absolute atomic E-state index is 12.3. The first-order valence-electron chi connectivity index (χ1n) is 8.98. The molecule has 0 spiro atoms. The summed E-state index contributed by atoms with van der Waals surface area (Å²) in [5.74, 6) is 0.978. The Balaban J connectivity index is 0.00000129. The molecule has 0 heterocycles. The monoisotopic (exact) mass is 462 g/mol. The maximum atomic E-state index is 12.3. The van der Waals surface area contributed by atoms with E-state index in [4.69, 9.17) is 27.2 Å². The second-order valence-electron chi connectivity index (χ2n) is 6.24. The number of para-hydroxylation sites is 1. The van der Waals surface area contributed by atoms with Crippen molar-refractivity contribution >= 4 is 58.1 Å². The number of esters is 1. The van der Waals surface area contributed by atoms with Crippen LogP contribution in [-0.2, 0) is 27.2 Å². The van der Waals surface area contributed by atoms with Gasteiger partial charge in [-0.3, -0.25) is 0 Å². The van der Waals surface area contributed by atoms with Crippen LogP contribution >= 0.6 is 0 Å². The van der Waals surface area contributed by atoms with Gasteiger partial charge in [0.05, 0.1) is 33.5 Å². The number of carbonyl (C=O) groups excluding carboxylic acids is 1. The number of benzene rings is 1. The van der Waals surface area contributed by atoms with Crippen molar-refractivity contribution in [3.05, 3.63) is 29.5 Å². The minimum absolute atomic E-state index is 0.0434. The zero-order chi connectivity index (χ0) is 21.5. The summed E-state index contributed by atoms with van der Waals surface area (Å²) in [5, 5.41) is 1.07. The van der Waals surface area contributed by atoms with Gasteiger partial charge < -0.3 is 27.2 Å². The lowest BCUT2D eigenvalue weighted by atomic mass is 10.1. The van der Waals surface area contributed by atoms with Crippen molar-refractivity contribution < 1.29 is 32.0 Å². The highest BCUT2D eigenvalue weighted by Gasteiger charge is 2.23. The fourth-order valence-electron chi connectivity index (χ4n) is 2.27. The predicted octanol–water partition coefficient (Wildman–Crippen LogP) is -2.18. The minimum Gasteiger partial charge on any atom is -0.496 e. The van der Waals surface area contributed by atoms with E-state index in [1.807, 2.05) is 18.2 Å². The molecule has 11 heteroatoms. The average Bonchev–Trinajstić information content (AvgIpc) is 2.66. The normalized spacial score (nSPS) is 11.9. The third-order valence-electron chi connectivity index (χ3n) is 3.62. The van der Waals surface area contributed by atoms with Gasteiger partial charge in [-0.1, -0.05) is 26.0 Å². The molecular weight excluding hydrogens is 429 g/mol. The van der Waals surface area contributed by atoms with Crippen LogP contribution in [-0.4, -0.2) is 75.1 Å². The van der Waals surface area contributed by atoms with Gasteiger partial charge in [-0.2, -0.15) is 0 Å². The van der Waals surface area contributed by atoms with Crippen molar-refractivity contribution in [2.75, 3.05) is 27.9 Å². The van der Waals surface area contributed by atoms with Crippen LogP contribution in [0.4, 0.5) is 0 Å². The summed E-state index contributed by atoms with van der Waals surface area (Å²) < 4.78 is 31.0. The molecule has 0 aliphatic heterocycles. The summed E-state index contributed by atoms with van der Waals surface area (Å²) in [5.41, 5.74) is 0.681. The number of rotatable bonds is 10. The van der Waals surface area contributed by atoms with Crippen molar-refractivity contribution in [1.29, 1.82) is 0 Å². The summed E-state index contributed by atoms with van der Waals surface area (Å²) >= 11 is 0. The molecule has 0 saturated heterocycles. The quantitative estimate of drug-likeness (QED) is 0.169. The molecule has 0 bridgehead atoms. The Morgan fingerprint density at radius 3 is 2.18 bits per heavy atom. The molecule has 0 radical (unpaired) electrons. The largest absolute Gasteiger partial charge is 0.496 e. The lowest BCUT2D eigenvalue weighted by Crippen LogP contribution is -2.16. The zero-order valence-electron chi connectivity index (χ0n) is 18.3. The Kier molecular flexibility index (Phi) is 14.8. The van der Waals surface area contributed by atoms with E-state index in [1.54, 1.807) is 7.11 Å². The van der Waals surface area contributed by atoms with E-state index < -0.39 is 16.0 Å². The second-order valence-corrected chi connectivity index (χ2v) is 12.2. The molecule has 0 N–H and O–H groups in total. The standard InChI is InChI=1S/C17H26O5Si.H8O2Si3/c1-11(2)9-10-22-17(18)16(21-5)15(20-4)12-7-6-8-13(23)14(12)19-3;3-1-5-2-4/h6-8,11H,9-10H2,1-5,23H3;5H2,3-4H3. The second kappa shape index (κ2) is 15.5. The van der Waals surface area contributed by atoms with Gasteiger partial charge in [0.2, 0.25) is 5.76 Å². The Hall–Kier alpha value is -1.38. The van der Waals surface area contributed by atoms with E-state index >= 15 is 0 Å². The van der Waals surface area contributed by atoms with Gasteiger partial charge in [-0.05, 0) is 23.6 Å². The number of hydrogen-bond acceptors (Lipinski definition) is 7. The lowest BCUT2D eigenvalue weighted by Gasteiger charge is -2.16. The Labute approximate surface area is 179 Å². The van der Waals surface area contributed by atoms with E-state index in [2.05, 4.69) is 13.8 Å².